The number of hydrogen-bond donors (Lipinski definition) is 1. The SMILES string of the molecule is CCS(=O)(=O)N1CCC(c2nc3c(-c4cnc5ccccc5c4)cnn3c(N)c2Br)C1. The number of fused-ring (bicyclic) bond motifs is 2. The lowest BCUT2D eigenvalue weighted by atomic mass is 10.0. The molecule has 1 unspecified atom stereocenters. The van der Waals surface area contributed by atoms with E-state index in [4.69, 9.17) is 10.7 Å². The number of aromatic nitrogens is 4. The van der Waals surface area contributed by atoms with Crippen LogP contribution in [0.2, 0.25) is 0 Å². The summed E-state index contributed by atoms with van der Waals surface area (Å²) in [4.78, 5) is 9.45. The highest BCUT2D eigenvalue weighted by Crippen LogP contribution is 2.37. The highest BCUT2D eigenvalue weighted by atomic mass is 79.9. The van der Waals surface area contributed by atoms with Gasteiger partial charge in [0.15, 0.2) is 5.65 Å². The minimum absolute atomic E-state index is 0.0412. The maximum absolute atomic E-state index is 12.3. The molecule has 1 aromatic carbocycles. The van der Waals surface area contributed by atoms with Crippen LogP contribution in [0.25, 0.3) is 27.7 Å². The van der Waals surface area contributed by atoms with Crippen molar-refractivity contribution in [1.29, 1.82) is 0 Å². The van der Waals surface area contributed by atoms with Gasteiger partial charge in [0.25, 0.3) is 0 Å². The number of nitrogens with zero attached hydrogens (tertiary/aromatic N) is 5. The molecule has 31 heavy (non-hydrogen) atoms. The summed E-state index contributed by atoms with van der Waals surface area (Å²) in [5, 5.41) is 5.46. The standard InChI is InChI=1S/C21H21BrN6O2S/c1-2-31(29,30)27-8-7-14(12-27)19-18(22)20(23)28-21(26-19)16(11-25-28)15-9-13-5-3-4-6-17(13)24-10-15/h3-6,9-11,14H,2,7-8,12,23H2,1H3. The summed E-state index contributed by atoms with van der Waals surface area (Å²) in [6, 6.07) is 9.98. The van der Waals surface area contributed by atoms with Crippen molar-refractivity contribution in [2.24, 2.45) is 0 Å². The first-order chi connectivity index (χ1) is 14.9. The maximum atomic E-state index is 12.3. The molecular formula is C21H21BrN6O2S. The topological polar surface area (TPSA) is 106 Å². The number of nitrogen functional groups attached to an aromatic ring is 1. The lowest BCUT2D eigenvalue weighted by Gasteiger charge is -2.16. The minimum Gasteiger partial charge on any atom is -0.383 e. The van der Waals surface area contributed by atoms with E-state index in [1.165, 1.54) is 4.31 Å². The van der Waals surface area contributed by atoms with Crippen LogP contribution in [-0.4, -0.2) is 51.1 Å². The smallest absolute Gasteiger partial charge is 0.213 e. The highest BCUT2D eigenvalue weighted by Gasteiger charge is 2.34. The molecule has 1 aliphatic heterocycles. The molecule has 5 rings (SSSR count). The molecule has 4 aromatic rings. The van der Waals surface area contributed by atoms with Crippen LogP contribution >= 0.6 is 15.9 Å². The van der Waals surface area contributed by atoms with Gasteiger partial charge in [0.1, 0.15) is 5.82 Å². The van der Waals surface area contributed by atoms with Gasteiger partial charge in [0.05, 0.1) is 27.6 Å². The molecular weight excluding hydrogens is 480 g/mol. The van der Waals surface area contributed by atoms with Gasteiger partial charge in [0.2, 0.25) is 10.0 Å². The normalized spacial score (nSPS) is 17.7. The van der Waals surface area contributed by atoms with Crippen LogP contribution in [0.1, 0.15) is 25.0 Å². The zero-order valence-corrected chi connectivity index (χ0v) is 19.3. The molecule has 4 heterocycles. The van der Waals surface area contributed by atoms with E-state index in [1.807, 2.05) is 30.5 Å². The van der Waals surface area contributed by atoms with E-state index in [9.17, 15) is 8.42 Å². The Kier molecular flexibility index (Phi) is 4.95. The molecule has 1 saturated heterocycles. The summed E-state index contributed by atoms with van der Waals surface area (Å²) in [5.74, 6) is 0.495. The Morgan fingerprint density at radius 2 is 2.06 bits per heavy atom. The van der Waals surface area contributed by atoms with Crippen LogP contribution in [-0.2, 0) is 10.0 Å². The van der Waals surface area contributed by atoms with Gasteiger partial charge in [-0.3, -0.25) is 4.98 Å². The first kappa shape index (κ1) is 20.3. The maximum Gasteiger partial charge on any atom is 0.213 e. The molecule has 0 bridgehead atoms. The average Bonchev–Trinajstić information content (AvgIpc) is 3.44. The fourth-order valence-electron chi connectivity index (χ4n) is 4.09. The minimum atomic E-state index is -3.23. The number of hydrogen-bond acceptors (Lipinski definition) is 6. The molecule has 8 nitrogen and oxygen atoms in total. The van der Waals surface area contributed by atoms with E-state index in [-0.39, 0.29) is 11.7 Å². The number of anilines is 1. The monoisotopic (exact) mass is 500 g/mol. The number of halogens is 1. The van der Waals surface area contributed by atoms with Crippen molar-refractivity contribution in [3.8, 4) is 11.1 Å². The Morgan fingerprint density at radius 3 is 2.87 bits per heavy atom. The van der Waals surface area contributed by atoms with Crippen molar-refractivity contribution in [3.05, 3.63) is 52.9 Å². The van der Waals surface area contributed by atoms with E-state index < -0.39 is 10.0 Å². The molecule has 0 saturated carbocycles. The molecule has 1 aliphatic rings. The van der Waals surface area contributed by atoms with Crippen molar-refractivity contribution >= 4 is 48.3 Å². The van der Waals surface area contributed by atoms with Crippen LogP contribution in [0, 0.1) is 0 Å². The van der Waals surface area contributed by atoms with E-state index in [1.54, 1.807) is 17.6 Å². The third-order valence-corrected chi connectivity index (χ3v) is 8.51. The molecule has 10 heteroatoms. The van der Waals surface area contributed by atoms with Crippen LogP contribution in [0.4, 0.5) is 5.82 Å². The molecule has 3 aromatic heterocycles. The average molecular weight is 501 g/mol. The Bertz CT molecular complexity index is 1420. The summed E-state index contributed by atoms with van der Waals surface area (Å²) in [6.07, 6.45) is 4.24. The van der Waals surface area contributed by atoms with E-state index in [2.05, 4.69) is 32.1 Å². The predicted molar refractivity (Wildman–Crippen MR) is 124 cm³/mol. The Hall–Kier alpha value is -2.56. The van der Waals surface area contributed by atoms with Gasteiger partial charge in [-0.15, -0.1) is 0 Å². The third-order valence-electron chi connectivity index (χ3n) is 5.85. The number of benzene rings is 1. The third kappa shape index (κ3) is 3.38. The number of para-hydroxylation sites is 1. The van der Waals surface area contributed by atoms with Crippen LogP contribution < -0.4 is 5.73 Å². The second-order valence-corrected chi connectivity index (χ2v) is 10.7. The van der Waals surface area contributed by atoms with E-state index in [0.717, 1.165) is 27.7 Å². The van der Waals surface area contributed by atoms with Crippen molar-refractivity contribution < 1.29 is 8.42 Å². The summed E-state index contributed by atoms with van der Waals surface area (Å²) in [7, 11) is -3.23. The second-order valence-electron chi connectivity index (χ2n) is 7.65. The van der Waals surface area contributed by atoms with Gasteiger partial charge >= 0.3 is 0 Å². The van der Waals surface area contributed by atoms with E-state index in [0.29, 0.717) is 35.4 Å². The van der Waals surface area contributed by atoms with Crippen molar-refractivity contribution in [2.75, 3.05) is 24.6 Å². The first-order valence-electron chi connectivity index (χ1n) is 10.0. The second kappa shape index (κ2) is 7.54. The predicted octanol–water partition coefficient (Wildman–Crippen LogP) is 3.43. The number of sulfonamides is 1. The van der Waals surface area contributed by atoms with Crippen molar-refractivity contribution in [2.45, 2.75) is 19.3 Å². The van der Waals surface area contributed by atoms with Gasteiger partial charge in [-0.05, 0) is 41.4 Å². The summed E-state index contributed by atoms with van der Waals surface area (Å²) >= 11 is 3.57. The van der Waals surface area contributed by atoms with Crippen molar-refractivity contribution in [1.82, 2.24) is 23.9 Å². The number of rotatable bonds is 4. The van der Waals surface area contributed by atoms with Crippen LogP contribution in [0.3, 0.4) is 0 Å². The van der Waals surface area contributed by atoms with Gasteiger partial charge in [-0.1, -0.05) is 18.2 Å². The Morgan fingerprint density at radius 1 is 1.26 bits per heavy atom. The molecule has 0 aliphatic carbocycles. The Balaban J connectivity index is 1.61. The lowest BCUT2D eigenvalue weighted by molar-refractivity contribution is 0.473. The lowest BCUT2D eigenvalue weighted by Crippen LogP contribution is -2.30. The zero-order chi connectivity index (χ0) is 21.8. The van der Waals surface area contributed by atoms with Gasteiger partial charge in [0, 0.05) is 41.7 Å². The van der Waals surface area contributed by atoms with Gasteiger partial charge in [-0.2, -0.15) is 9.61 Å². The number of pyridine rings is 1. The fourth-order valence-corrected chi connectivity index (χ4v) is 5.83. The summed E-state index contributed by atoms with van der Waals surface area (Å²) in [6.45, 7) is 2.55. The van der Waals surface area contributed by atoms with Gasteiger partial charge in [-0.25, -0.2) is 17.7 Å². The van der Waals surface area contributed by atoms with E-state index >= 15 is 0 Å². The molecule has 0 radical (unpaired) electrons. The molecule has 0 amide bonds. The Labute approximate surface area is 188 Å². The van der Waals surface area contributed by atoms with Crippen molar-refractivity contribution in [3.63, 3.8) is 0 Å². The quantitative estimate of drug-likeness (QED) is 0.459. The summed E-state index contributed by atoms with van der Waals surface area (Å²) < 4.78 is 28.4. The molecule has 2 N–H and O–H groups in total. The largest absolute Gasteiger partial charge is 0.383 e. The molecule has 1 fully saturated rings. The summed E-state index contributed by atoms with van der Waals surface area (Å²) in [5.41, 5.74) is 10.4. The van der Waals surface area contributed by atoms with Crippen LogP contribution in [0.5, 0.6) is 0 Å². The number of nitrogens with two attached hydrogens (primary N) is 1. The highest BCUT2D eigenvalue weighted by molar-refractivity contribution is 9.10. The zero-order valence-electron chi connectivity index (χ0n) is 16.9. The fraction of sp³-hybridized carbons (Fsp3) is 0.286. The molecule has 1 atom stereocenters. The van der Waals surface area contributed by atoms with Gasteiger partial charge < -0.3 is 5.73 Å². The first-order valence-corrected chi connectivity index (χ1v) is 12.4. The molecule has 160 valence electrons. The molecule has 0 spiro atoms. The van der Waals surface area contributed by atoms with Crippen LogP contribution in [0.15, 0.2) is 47.2 Å².